The Morgan fingerprint density at radius 2 is 2.07 bits per heavy atom. The minimum absolute atomic E-state index is 0.0828. The van der Waals surface area contributed by atoms with Gasteiger partial charge in [-0.2, -0.15) is 0 Å². The van der Waals surface area contributed by atoms with Crippen molar-refractivity contribution in [3.63, 3.8) is 0 Å². The number of aryl methyl sites for hydroxylation is 1. The SMILES string of the molecule is CC[C@@]12C[C@@](C)(O)[C@](O)(C3C=CC=CC3)C[C@H]1CCc1cc(OCC(=O)O)ccc12. The highest BCUT2D eigenvalue weighted by Gasteiger charge is 2.62. The molecule has 3 aliphatic carbocycles. The fourth-order valence-electron chi connectivity index (χ4n) is 6.31. The van der Waals surface area contributed by atoms with E-state index in [0.717, 1.165) is 31.2 Å². The van der Waals surface area contributed by atoms with Crippen molar-refractivity contribution >= 4 is 5.97 Å². The van der Waals surface area contributed by atoms with Gasteiger partial charge in [-0.1, -0.05) is 37.3 Å². The Labute approximate surface area is 178 Å². The van der Waals surface area contributed by atoms with Crippen molar-refractivity contribution in [3.05, 3.63) is 53.6 Å². The minimum Gasteiger partial charge on any atom is -0.482 e. The second kappa shape index (κ2) is 7.54. The van der Waals surface area contributed by atoms with Gasteiger partial charge in [-0.25, -0.2) is 4.79 Å². The van der Waals surface area contributed by atoms with Crippen molar-refractivity contribution in [1.29, 1.82) is 0 Å². The number of hydrogen-bond donors (Lipinski definition) is 3. The zero-order valence-corrected chi connectivity index (χ0v) is 17.8. The van der Waals surface area contributed by atoms with Crippen molar-refractivity contribution in [1.82, 2.24) is 0 Å². The standard InChI is InChI=1S/C25H32O5/c1-3-24-16-23(2,28)25(29,18-7-5-4-6-8-18)14-19(24)10-9-17-13-20(11-12-21(17)24)30-15-22(26)27/h4-7,11-13,18-19,28-29H,3,8-10,14-16H2,1-2H3,(H,26,27)/t18?,19-,23-,24-,25-/m1/s1. The molecule has 1 saturated carbocycles. The summed E-state index contributed by atoms with van der Waals surface area (Å²) in [7, 11) is 0. The number of carbonyl (C=O) groups is 1. The van der Waals surface area contributed by atoms with E-state index in [1.165, 1.54) is 5.56 Å². The lowest BCUT2D eigenvalue weighted by Gasteiger charge is -2.60. The van der Waals surface area contributed by atoms with Gasteiger partial charge in [0.2, 0.25) is 0 Å². The van der Waals surface area contributed by atoms with Gasteiger partial charge in [-0.05, 0) is 74.6 Å². The molecule has 5 heteroatoms. The largest absolute Gasteiger partial charge is 0.482 e. The number of carboxylic acids is 1. The number of fused-ring (bicyclic) bond motifs is 3. The molecule has 0 aliphatic heterocycles. The van der Waals surface area contributed by atoms with Crippen molar-refractivity contribution < 1.29 is 24.9 Å². The van der Waals surface area contributed by atoms with Crippen LogP contribution in [0.1, 0.15) is 57.1 Å². The molecule has 0 amide bonds. The smallest absolute Gasteiger partial charge is 0.341 e. The maximum Gasteiger partial charge on any atom is 0.341 e. The Balaban J connectivity index is 1.69. The van der Waals surface area contributed by atoms with E-state index in [4.69, 9.17) is 9.84 Å². The van der Waals surface area contributed by atoms with E-state index in [1.54, 1.807) is 6.92 Å². The molecule has 3 N–H and O–H groups in total. The zero-order valence-electron chi connectivity index (χ0n) is 17.8. The van der Waals surface area contributed by atoms with Gasteiger partial charge < -0.3 is 20.1 Å². The van der Waals surface area contributed by atoms with Crippen LogP contribution in [0.4, 0.5) is 0 Å². The molecule has 0 bridgehead atoms. The van der Waals surface area contributed by atoms with Gasteiger partial charge >= 0.3 is 5.97 Å². The predicted octanol–water partition coefficient (Wildman–Crippen LogP) is 3.77. The van der Waals surface area contributed by atoms with Gasteiger partial charge in [0.25, 0.3) is 0 Å². The van der Waals surface area contributed by atoms with Crippen LogP contribution in [0, 0.1) is 11.8 Å². The molecule has 162 valence electrons. The summed E-state index contributed by atoms with van der Waals surface area (Å²) in [5, 5.41) is 32.3. The molecular weight excluding hydrogens is 380 g/mol. The highest BCUT2D eigenvalue weighted by Crippen LogP contribution is 2.59. The summed E-state index contributed by atoms with van der Waals surface area (Å²) in [5.74, 6) is -0.225. The Bertz CT molecular complexity index is 886. The number of aliphatic carboxylic acids is 1. The number of allylic oxidation sites excluding steroid dienone is 3. The maximum absolute atomic E-state index is 11.8. The summed E-state index contributed by atoms with van der Waals surface area (Å²) in [5.41, 5.74) is -0.196. The fourth-order valence-corrected chi connectivity index (χ4v) is 6.31. The first-order valence-corrected chi connectivity index (χ1v) is 11.0. The summed E-state index contributed by atoms with van der Waals surface area (Å²) in [6.45, 7) is 3.61. The lowest BCUT2D eigenvalue weighted by atomic mass is 9.47. The third kappa shape index (κ3) is 3.28. The van der Waals surface area contributed by atoms with E-state index in [0.29, 0.717) is 18.6 Å². The number of aliphatic hydroxyl groups is 2. The topological polar surface area (TPSA) is 87.0 Å². The Morgan fingerprint density at radius 3 is 2.73 bits per heavy atom. The van der Waals surface area contributed by atoms with Crippen molar-refractivity contribution in [2.75, 3.05) is 6.61 Å². The van der Waals surface area contributed by atoms with Gasteiger partial charge in [-0.3, -0.25) is 0 Å². The van der Waals surface area contributed by atoms with Crippen LogP contribution in [0.2, 0.25) is 0 Å². The molecule has 5 nitrogen and oxygen atoms in total. The molecule has 1 aromatic rings. The van der Waals surface area contributed by atoms with Crippen molar-refractivity contribution in [2.24, 2.45) is 11.8 Å². The second-order valence-corrected chi connectivity index (χ2v) is 9.48. The Hall–Kier alpha value is -2.11. The van der Waals surface area contributed by atoms with Crippen LogP contribution in [0.5, 0.6) is 5.75 Å². The van der Waals surface area contributed by atoms with Crippen LogP contribution in [0.3, 0.4) is 0 Å². The predicted molar refractivity (Wildman–Crippen MR) is 115 cm³/mol. The Morgan fingerprint density at radius 1 is 1.27 bits per heavy atom. The van der Waals surface area contributed by atoms with E-state index in [9.17, 15) is 15.0 Å². The molecule has 3 aliphatic rings. The minimum atomic E-state index is -1.22. The number of benzene rings is 1. The normalized spacial score (nSPS) is 37.3. The zero-order chi connectivity index (χ0) is 21.6. The molecular formula is C25H32O5. The third-order valence-electron chi connectivity index (χ3n) is 7.89. The summed E-state index contributed by atoms with van der Waals surface area (Å²) in [6.07, 6.45) is 12.6. The molecule has 0 heterocycles. The van der Waals surface area contributed by atoms with Crippen molar-refractivity contribution in [3.8, 4) is 5.75 Å². The summed E-state index contributed by atoms with van der Waals surface area (Å²) in [6, 6.07) is 5.84. The van der Waals surface area contributed by atoms with Gasteiger partial charge in [0, 0.05) is 11.3 Å². The van der Waals surface area contributed by atoms with Crippen LogP contribution in [0.25, 0.3) is 0 Å². The molecule has 1 unspecified atom stereocenters. The molecule has 0 aromatic heterocycles. The van der Waals surface area contributed by atoms with Crippen LogP contribution in [-0.4, -0.2) is 39.1 Å². The van der Waals surface area contributed by atoms with Gasteiger partial charge in [-0.15, -0.1) is 0 Å². The third-order valence-corrected chi connectivity index (χ3v) is 7.89. The quantitative estimate of drug-likeness (QED) is 0.685. The number of ether oxygens (including phenoxy) is 1. The average Bonchev–Trinajstić information content (AvgIpc) is 2.73. The van der Waals surface area contributed by atoms with E-state index < -0.39 is 17.2 Å². The first-order valence-electron chi connectivity index (χ1n) is 11.0. The summed E-state index contributed by atoms with van der Waals surface area (Å²) < 4.78 is 5.39. The first-order chi connectivity index (χ1) is 14.2. The van der Waals surface area contributed by atoms with E-state index >= 15 is 0 Å². The van der Waals surface area contributed by atoms with Gasteiger partial charge in [0.1, 0.15) is 5.75 Å². The lowest BCUT2D eigenvalue weighted by Crippen LogP contribution is -2.66. The summed E-state index contributed by atoms with van der Waals surface area (Å²) >= 11 is 0. The van der Waals surface area contributed by atoms with E-state index in [1.807, 2.05) is 36.4 Å². The lowest BCUT2D eigenvalue weighted by molar-refractivity contribution is -0.216. The molecule has 0 spiro atoms. The summed E-state index contributed by atoms with van der Waals surface area (Å²) in [4.78, 5) is 10.8. The molecule has 30 heavy (non-hydrogen) atoms. The second-order valence-electron chi connectivity index (χ2n) is 9.48. The highest BCUT2D eigenvalue weighted by atomic mass is 16.5. The van der Waals surface area contributed by atoms with E-state index in [-0.39, 0.29) is 23.9 Å². The maximum atomic E-state index is 11.8. The van der Waals surface area contributed by atoms with Gasteiger partial charge in [0.15, 0.2) is 6.61 Å². The number of hydrogen-bond acceptors (Lipinski definition) is 4. The molecule has 1 aromatic carbocycles. The molecule has 0 radical (unpaired) electrons. The van der Waals surface area contributed by atoms with Crippen LogP contribution >= 0.6 is 0 Å². The monoisotopic (exact) mass is 412 g/mol. The highest BCUT2D eigenvalue weighted by molar-refractivity contribution is 5.68. The first kappa shape index (κ1) is 21.1. The van der Waals surface area contributed by atoms with Crippen LogP contribution < -0.4 is 4.74 Å². The van der Waals surface area contributed by atoms with Crippen LogP contribution in [0.15, 0.2) is 42.5 Å². The van der Waals surface area contributed by atoms with Crippen LogP contribution in [-0.2, 0) is 16.6 Å². The molecule has 5 atom stereocenters. The number of carboxylic acid groups (broad SMARTS) is 1. The molecule has 1 fully saturated rings. The fraction of sp³-hybridized carbons (Fsp3) is 0.560. The Kier molecular flexibility index (Phi) is 5.31. The molecule has 4 rings (SSSR count). The molecule has 0 saturated heterocycles. The average molecular weight is 413 g/mol. The van der Waals surface area contributed by atoms with Gasteiger partial charge in [0.05, 0.1) is 11.2 Å². The van der Waals surface area contributed by atoms with Crippen molar-refractivity contribution in [2.45, 2.75) is 69.0 Å². The number of rotatable bonds is 5. The van der Waals surface area contributed by atoms with E-state index in [2.05, 4.69) is 13.0 Å².